The van der Waals surface area contributed by atoms with Crippen molar-refractivity contribution in [2.75, 3.05) is 10.6 Å². The van der Waals surface area contributed by atoms with Crippen LogP contribution in [0.5, 0.6) is 0 Å². The maximum absolute atomic E-state index is 14.7. The predicted octanol–water partition coefficient (Wildman–Crippen LogP) is 5.06. The van der Waals surface area contributed by atoms with Crippen LogP contribution in [0.4, 0.5) is 34.6 Å². The number of rotatable bonds is 6. The summed E-state index contributed by atoms with van der Waals surface area (Å²) in [5.74, 6) is -3.94. The molecule has 0 unspecified atom stereocenters. The zero-order chi connectivity index (χ0) is 26.1. The molecule has 1 atom stereocenters. The monoisotopic (exact) mass is 526 g/mol. The third-order valence-electron chi connectivity index (χ3n) is 5.51. The lowest BCUT2D eigenvalue weighted by molar-refractivity contribution is 0.480. The maximum Gasteiger partial charge on any atom is 0.249 e. The van der Waals surface area contributed by atoms with Gasteiger partial charge in [0.15, 0.2) is 5.82 Å². The lowest BCUT2D eigenvalue weighted by Crippen LogP contribution is -2.34. The van der Waals surface area contributed by atoms with Crippen LogP contribution in [-0.2, 0) is 0 Å². The van der Waals surface area contributed by atoms with E-state index in [0.29, 0.717) is 22.3 Å². The number of hydrogen-bond acceptors (Lipinski definition) is 8. The molecule has 5 rings (SSSR count). The molecule has 2 aromatic carbocycles. The number of halogens is 5. The second-order valence-electron chi connectivity index (χ2n) is 7.87. The van der Waals surface area contributed by atoms with E-state index in [1.807, 2.05) is 6.07 Å². The van der Waals surface area contributed by atoms with Crippen molar-refractivity contribution in [2.45, 2.75) is 6.04 Å². The second kappa shape index (κ2) is 9.81. The van der Waals surface area contributed by atoms with Crippen molar-refractivity contribution in [1.82, 2.24) is 26.4 Å². The van der Waals surface area contributed by atoms with Crippen molar-refractivity contribution in [3.8, 4) is 6.07 Å². The molecule has 3 heterocycles. The molecule has 5 N–H and O–H groups in total. The van der Waals surface area contributed by atoms with Crippen LogP contribution in [0.3, 0.4) is 0 Å². The fourth-order valence-corrected chi connectivity index (χ4v) is 4.10. The van der Waals surface area contributed by atoms with Crippen LogP contribution in [0.25, 0.3) is 10.9 Å². The number of nitrogens with zero attached hydrogens (tertiary/aromatic N) is 3. The van der Waals surface area contributed by atoms with Gasteiger partial charge in [-0.25, -0.2) is 18.2 Å². The van der Waals surface area contributed by atoms with Crippen LogP contribution in [0.1, 0.15) is 17.2 Å². The van der Waals surface area contributed by atoms with E-state index in [4.69, 9.17) is 11.6 Å². The van der Waals surface area contributed by atoms with Crippen LogP contribution in [0, 0.1) is 34.7 Å². The minimum absolute atomic E-state index is 0.0844. The molecular weight excluding hydrogens is 512 g/mol. The van der Waals surface area contributed by atoms with E-state index in [1.54, 1.807) is 18.3 Å². The molecule has 4 aromatic rings. The molecule has 0 saturated heterocycles. The van der Waals surface area contributed by atoms with Crippen molar-refractivity contribution < 1.29 is 17.6 Å². The summed E-state index contributed by atoms with van der Waals surface area (Å²) in [6.07, 6.45) is 3.92. The van der Waals surface area contributed by atoms with Gasteiger partial charge in [0.25, 0.3) is 0 Å². The van der Waals surface area contributed by atoms with Gasteiger partial charge in [0.2, 0.25) is 5.95 Å². The first-order valence-electron chi connectivity index (χ1n) is 10.6. The third kappa shape index (κ3) is 4.77. The van der Waals surface area contributed by atoms with E-state index < -0.39 is 29.4 Å². The average molecular weight is 527 g/mol. The first-order valence-corrected chi connectivity index (χ1v) is 11.0. The number of aromatic nitrogens is 2. The fourth-order valence-electron chi connectivity index (χ4n) is 3.84. The smallest absolute Gasteiger partial charge is 0.249 e. The molecule has 13 heteroatoms. The molecule has 1 aliphatic heterocycles. The zero-order valence-electron chi connectivity index (χ0n) is 18.5. The minimum atomic E-state index is -1.27. The predicted molar refractivity (Wildman–Crippen MR) is 129 cm³/mol. The molecule has 0 amide bonds. The summed E-state index contributed by atoms with van der Waals surface area (Å²) in [7, 11) is 0. The number of pyridine rings is 2. The maximum atomic E-state index is 14.7. The normalized spacial score (nSPS) is 13.4. The van der Waals surface area contributed by atoms with E-state index in [9.17, 15) is 22.8 Å². The fraction of sp³-hybridized carbons (Fsp3) is 0.0417. The summed E-state index contributed by atoms with van der Waals surface area (Å²) in [5, 5.41) is 16.2. The zero-order valence-corrected chi connectivity index (χ0v) is 19.3. The van der Waals surface area contributed by atoms with Crippen molar-refractivity contribution in [2.24, 2.45) is 0 Å². The topological polar surface area (TPSA) is 110 Å². The van der Waals surface area contributed by atoms with E-state index in [0.717, 1.165) is 24.4 Å². The SMILES string of the molecule is N#Cc1cnc2c(Cl)cc(N[C@H](C3=CNNN3)c3ccc(F)cc3F)cc2c1Nc1cnc(F)c(F)c1. The van der Waals surface area contributed by atoms with Gasteiger partial charge in [-0.15, -0.1) is 0 Å². The molecule has 0 bridgehead atoms. The third-order valence-corrected chi connectivity index (χ3v) is 5.80. The summed E-state index contributed by atoms with van der Waals surface area (Å²) in [5.41, 5.74) is 9.97. The Bertz CT molecular complexity index is 1600. The summed E-state index contributed by atoms with van der Waals surface area (Å²) in [6.45, 7) is 0. The second-order valence-corrected chi connectivity index (χ2v) is 8.28. The molecule has 0 spiro atoms. The van der Waals surface area contributed by atoms with Gasteiger partial charge >= 0.3 is 0 Å². The number of hydrazine groups is 2. The van der Waals surface area contributed by atoms with Gasteiger partial charge in [0.05, 0.1) is 45.4 Å². The molecule has 8 nitrogen and oxygen atoms in total. The van der Waals surface area contributed by atoms with Crippen LogP contribution in [0.15, 0.2) is 60.7 Å². The largest absolute Gasteiger partial charge is 0.373 e. The van der Waals surface area contributed by atoms with Gasteiger partial charge in [0, 0.05) is 41.2 Å². The molecular formula is C24H15ClF4N8. The highest BCUT2D eigenvalue weighted by molar-refractivity contribution is 6.36. The molecule has 37 heavy (non-hydrogen) atoms. The Kier molecular flexibility index (Phi) is 6.39. The Balaban J connectivity index is 1.61. The first-order chi connectivity index (χ1) is 17.8. The number of nitrogens with one attached hydrogen (secondary N) is 5. The average Bonchev–Trinajstić information content (AvgIpc) is 3.40. The van der Waals surface area contributed by atoms with E-state index in [-0.39, 0.29) is 27.5 Å². The van der Waals surface area contributed by atoms with Crippen molar-refractivity contribution in [3.05, 3.63) is 100 Å². The Hall–Kier alpha value is -4.60. The van der Waals surface area contributed by atoms with Crippen molar-refractivity contribution in [3.63, 3.8) is 0 Å². The quantitative estimate of drug-likeness (QED) is 0.175. The lowest BCUT2D eigenvalue weighted by Gasteiger charge is -2.23. The molecule has 0 radical (unpaired) electrons. The van der Waals surface area contributed by atoms with E-state index in [2.05, 4.69) is 37.0 Å². The number of hydrogen-bond donors (Lipinski definition) is 5. The van der Waals surface area contributed by atoms with E-state index >= 15 is 0 Å². The van der Waals surface area contributed by atoms with Gasteiger partial charge in [0.1, 0.15) is 17.7 Å². The minimum Gasteiger partial charge on any atom is -0.373 e. The standard InChI is InChI=1S/C24H15ClF4N8/c25-17-5-13(34-23(20-10-33-37-36-20)15-2-1-12(26)3-18(15)27)4-16-21(11(7-30)8-31-22(16)17)35-14-6-19(28)24(29)32-9-14/h1-6,8-10,23,33-34,36-37H,(H,31,35)/t23-/m0/s1. The number of anilines is 3. The first kappa shape index (κ1) is 24.1. The number of fused-ring (bicyclic) bond motifs is 1. The highest BCUT2D eigenvalue weighted by Crippen LogP contribution is 2.37. The van der Waals surface area contributed by atoms with Gasteiger partial charge in [-0.3, -0.25) is 4.98 Å². The van der Waals surface area contributed by atoms with Gasteiger partial charge in [-0.2, -0.15) is 15.2 Å². The van der Waals surface area contributed by atoms with Crippen LogP contribution >= 0.6 is 11.6 Å². The molecule has 0 saturated carbocycles. The van der Waals surface area contributed by atoms with Crippen LogP contribution in [-0.4, -0.2) is 9.97 Å². The molecule has 0 fully saturated rings. The van der Waals surface area contributed by atoms with Crippen molar-refractivity contribution in [1.29, 1.82) is 5.26 Å². The lowest BCUT2D eigenvalue weighted by atomic mass is 10.0. The molecule has 1 aliphatic rings. The van der Waals surface area contributed by atoms with Gasteiger partial charge < -0.3 is 21.5 Å². The van der Waals surface area contributed by atoms with Crippen LogP contribution < -0.4 is 27.0 Å². The molecule has 186 valence electrons. The Morgan fingerprint density at radius 2 is 1.81 bits per heavy atom. The summed E-state index contributed by atoms with van der Waals surface area (Å²) < 4.78 is 55.4. The number of nitriles is 1. The molecule has 2 aromatic heterocycles. The highest BCUT2D eigenvalue weighted by atomic mass is 35.5. The number of benzene rings is 2. The Morgan fingerprint density at radius 3 is 2.51 bits per heavy atom. The highest BCUT2D eigenvalue weighted by Gasteiger charge is 2.24. The van der Waals surface area contributed by atoms with Gasteiger partial charge in [-0.05, 0) is 18.2 Å². The summed E-state index contributed by atoms with van der Waals surface area (Å²) in [6, 6.07) is 8.45. The Labute approximate surface area is 211 Å². The Morgan fingerprint density at radius 1 is 0.973 bits per heavy atom. The van der Waals surface area contributed by atoms with Crippen molar-refractivity contribution >= 4 is 39.6 Å². The summed E-state index contributed by atoms with van der Waals surface area (Å²) >= 11 is 6.51. The molecule has 0 aliphatic carbocycles. The van der Waals surface area contributed by atoms with E-state index in [1.165, 1.54) is 12.3 Å². The van der Waals surface area contributed by atoms with Crippen LogP contribution in [0.2, 0.25) is 5.02 Å². The summed E-state index contributed by atoms with van der Waals surface area (Å²) in [4.78, 5) is 7.60. The van der Waals surface area contributed by atoms with Gasteiger partial charge in [-0.1, -0.05) is 17.7 Å².